The van der Waals surface area contributed by atoms with E-state index in [0.717, 1.165) is 18.2 Å². The number of carboxylic acid groups (broad SMARTS) is 1. The molecule has 0 spiro atoms. The first-order chi connectivity index (χ1) is 17.1. The van der Waals surface area contributed by atoms with Gasteiger partial charge >= 0.3 is 0 Å². The number of rotatable bonds is 8. The summed E-state index contributed by atoms with van der Waals surface area (Å²) in [4.78, 5) is 23.6. The highest BCUT2D eigenvalue weighted by molar-refractivity contribution is 7.93. The second-order valence-electron chi connectivity index (χ2n) is 7.50. The highest BCUT2D eigenvalue weighted by Gasteiger charge is 2.31. The van der Waals surface area contributed by atoms with Crippen LogP contribution in [0.25, 0.3) is 0 Å². The number of halogens is 3. The van der Waals surface area contributed by atoms with Crippen molar-refractivity contribution in [2.45, 2.75) is 11.4 Å². The zero-order valence-electron chi connectivity index (χ0n) is 18.2. The predicted molar refractivity (Wildman–Crippen MR) is 131 cm³/mol. The molecule has 3 aromatic carbocycles. The summed E-state index contributed by atoms with van der Waals surface area (Å²) in [6.45, 7) is -0.549. The highest BCUT2D eigenvalue weighted by Crippen LogP contribution is 2.35. The smallest absolute Gasteiger partial charge is 0.266 e. The van der Waals surface area contributed by atoms with Crippen molar-refractivity contribution >= 4 is 62.4 Å². The second-order valence-corrected chi connectivity index (χ2v) is 10.6. The van der Waals surface area contributed by atoms with Crippen molar-refractivity contribution < 1.29 is 32.6 Å². The monoisotopic (exact) mass is 569 g/mol. The fraction of sp³-hybridized carbons (Fsp3) is 0.130. The van der Waals surface area contributed by atoms with Crippen molar-refractivity contribution in [3.05, 3.63) is 80.8 Å². The van der Waals surface area contributed by atoms with E-state index >= 15 is 0 Å². The van der Waals surface area contributed by atoms with Crippen LogP contribution in [-0.2, 0) is 21.4 Å². The molecule has 0 aromatic heterocycles. The third kappa shape index (κ3) is 5.46. The number of nitrogens with one attached hydrogen (secondary N) is 1. The molecule has 3 aromatic rings. The van der Waals surface area contributed by atoms with Gasteiger partial charge in [-0.1, -0.05) is 46.9 Å². The van der Waals surface area contributed by atoms with Gasteiger partial charge in [0.25, 0.3) is 10.0 Å². The Morgan fingerprint density at radius 2 is 1.67 bits per heavy atom. The largest absolute Gasteiger partial charge is 0.545 e. The van der Waals surface area contributed by atoms with Crippen molar-refractivity contribution in [3.8, 4) is 11.5 Å². The molecular weight excluding hydrogens is 555 g/mol. The Bertz CT molecular complexity index is 1460. The van der Waals surface area contributed by atoms with E-state index in [-0.39, 0.29) is 34.1 Å². The average Bonchev–Trinajstić information content (AvgIpc) is 3.31. The van der Waals surface area contributed by atoms with Crippen LogP contribution in [-0.4, -0.2) is 33.6 Å². The molecule has 0 radical (unpaired) electrons. The Balaban J connectivity index is 1.65. The minimum atomic E-state index is -4.60. The Labute approximate surface area is 221 Å². The molecule has 13 heteroatoms. The summed E-state index contributed by atoms with van der Waals surface area (Å²) in [5.41, 5.74) is 0.173. The first kappa shape index (κ1) is 25.9. The van der Waals surface area contributed by atoms with Gasteiger partial charge in [0.15, 0.2) is 11.5 Å². The molecule has 0 unspecified atom stereocenters. The van der Waals surface area contributed by atoms with Gasteiger partial charge < -0.3 is 24.7 Å². The van der Waals surface area contributed by atoms with Crippen LogP contribution in [0.4, 0.5) is 5.69 Å². The molecule has 1 aliphatic rings. The minimum absolute atomic E-state index is 0.0151. The molecule has 0 aliphatic carbocycles. The Morgan fingerprint density at radius 1 is 0.944 bits per heavy atom. The topological polar surface area (TPSA) is 125 Å². The van der Waals surface area contributed by atoms with Gasteiger partial charge in [-0.25, -0.2) is 8.42 Å². The number of sulfonamides is 1. The quantitative estimate of drug-likeness (QED) is 0.441. The summed E-state index contributed by atoms with van der Waals surface area (Å²) in [6.07, 6.45) is 0. The van der Waals surface area contributed by atoms with E-state index in [4.69, 9.17) is 44.3 Å². The number of aromatic carboxylic acids is 1. The standard InChI is InChI=1S/C23H17Cl3N2O7S/c24-15-3-5-16(25)18(9-15)28(36(32,33)21-8-14(23(30)31)2-4-17(21)26)11-22(29)27-10-13-1-6-19-20(7-13)35-12-34-19/h1-9H,10-12H2,(H,27,29)(H,30,31)/p-1. The van der Waals surface area contributed by atoms with E-state index in [9.17, 15) is 23.1 Å². The molecule has 0 bridgehead atoms. The molecule has 0 atom stereocenters. The molecule has 0 saturated heterocycles. The summed E-state index contributed by atoms with van der Waals surface area (Å²) in [7, 11) is -4.60. The van der Waals surface area contributed by atoms with Crippen LogP contribution in [0, 0.1) is 0 Å². The summed E-state index contributed by atoms with van der Waals surface area (Å²) in [5, 5.41) is 13.8. The zero-order valence-corrected chi connectivity index (χ0v) is 21.2. The lowest BCUT2D eigenvalue weighted by Crippen LogP contribution is -2.41. The highest BCUT2D eigenvalue weighted by atomic mass is 35.5. The number of hydrogen-bond donors (Lipinski definition) is 1. The van der Waals surface area contributed by atoms with Crippen LogP contribution in [0.15, 0.2) is 59.5 Å². The van der Waals surface area contributed by atoms with Crippen molar-refractivity contribution in [1.29, 1.82) is 0 Å². The van der Waals surface area contributed by atoms with Crippen molar-refractivity contribution in [1.82, 2.24) is 5.32 Å². The van der Waals surface area contributed by atoms with E-state index in [2.05, 4.69) is 5.32 Å². The number of carbonyl (C=O) groups is 2. The fourth-order valence-corrected chi connectivity index (χ4v) is 5.73. The molecule has 1 aliphatic heterocycles. The molecule has 1 N–H and O–H groups in total. The van der Waals surface area contributed by atoms with Gasteiger partial charge in [-0.2, -0.15) is 0 Å². The minimum Gasteiger partial charge on any atom is -0.545 e. The maximum atomic E-state index is 13.6. The normalized spacial score (nSPS) is 12.3. The summed E-state index contributed by atoms with van der Waals surface area (Å²) in [5.74, 6) is -1.18. The fourth-order valence-electron chi connectivity index (χ4n) is 3.36. The number of carbonyl (C=O) groups excluding carboxylic acids is 2. The molecule has 0 saturated carbocycles. The molecule has 1 heterocycles. The molecule has 9 nitrogen and oxygen atoms in total. The van der Waals surface area contributed by atoms with E-state index < -0.39 is 38.9 Å². The lowest BCUT2D eigenvalue weighted by Gasteiger charge is -2.26. The third-order valence-corrected chi connectivity index (χ3v) is 7.92. The summed E-state index contributed by atoms with van der Waals surface area (Å²) >= 11 is 18.4. The maximum absolute atomic E-state index is 13.6. The average molecular weight is 571 g/mol. The van der Waals surface area contributed by atoms with Gasteiger partial charge in [0.05, 0.1) is 21.7 Å². The number of ether oxygens (including phenoxy) is 2. The first-order valence-corrected chi connectivity index (χ1v) is 12.8. The molecule has 36 heavy (non-hydrogen) atoms. The molecular formula is C23H16Cl3N2O7S-. The summed E-state index contributed by atoms with van der Waals surface area (Å²) in [6, 6.07) is 12.2. The van der Waals surface area contributed by atoms with Gasteiger partial charge in [-0.3, -0.25) is 9.10 Å². The molecule has 0 fully saturated rings. The van der Waals surface area contributed by atoms with Crippen LogP contribution >= 0.6 is 34.8 Å². The maximum Gasteiger partial charge on any atom is 0.266 e. The Kier molecular flexibility index (Phi) is 7.51. The second kappa shape index (κ2) is 10.4. The van der Waals surface area contributed by atoms with Gasteiger partial charge in [0.1, 0.15) is 11.4 Å². The SMILES string of the molecule is O=C(CN(c1cc(Cl)ccc1Cl)S(=O)(=O)c1cc(C(=O)[O-])ccc1Cl)NCc1ccc2c(c1)OCO2. The van der Waals surface area contributed by atoms with Crippen LogP contribution in [0.1, 0.15) is 15.9 Å². The van der Waals surface area contributed by atoms with Crippen LogP contribution in [0.2, 0.25) is 15.1 Å². The predicted octanol–water partition coefficient (Wildman–Crippen LogP) is 3.25. The number of carboxylic acids is 1. The lowest BCUT2D eigenvalue weighted by molar-refractivity contribution is -0.255. The van der Waals surface area contributed by atoms with Crippen LogP contribution in [0.3, 0.4) is 0 Å². The number of nitrogens with zero attached hydrogens (tertiary/aromatic N) is 1. The van der Waals surface area contributed by atoms with Crippen LogP contribution < -0.4 is 24.2 Å². The number of benzene rings is 3. The van der Waals surface area contributed by atoms with Crippen LogP contribution in [0.5, 0.6) is 11.5 Å². The van der Waals surface area contributed by atoms with Gasteiger partial charge in [-0.05, 0) is 53.6 Å². The van der Waals surface area contributed by atoms with Crippen molar-refractivity contribution in [2.24, 2.45) is 0 Å². The van der Waals surface area contributed by atoms with E-state index in [1.54, 1.807) is 18.2 Å². The number of anilines is 1. The summed E-state index contributed by atoms with van der Waals surface area (Å²) < 4.78 is 38.6. The van der Waals surface area contributed by atoms with Crippen molar-refractivity contribution in [3.63, 3.8) is 0 Å². The number of amides is 1. The van der Waals surface area contributed by atoms with Crippen molar-refractivity contribution in [2.75, 3.05) is 17.6 Å². The third-order valence-electron chi connectivity index (χ3n) is 5.13. The van der Waals surface area contributed by atoms with Gasteiger partial charge in [-0.15, -0.1) is 0 Å². The molecule has 188 valence electrons. The van der Waals surface area contributed by atoms with E-state index in [1.807, 2.05) is 0 Å². The molecule has 1 amide bonds. The number of hydrogen-bond acceptors (Lipinski definition) is 7. The van der Waals surface area contributed by atoms with E-state index in [1.165, 1.54) is 18.2 Å². The molecule has 4 rings (SSSR count). The van der Waals surface area contributed by atoms with E-state index in [0.29, 0.717) is 21.4 Å². The van der Waals surface area contributed by atoms with Gasteiger partial charge in [0, 0.05) is 11.6 Å². The Morgan fingerprint density at radius 3 is 2.42 bits per heavy atom. The lowest BCUT2D eigenvalue weighted by atomic mass is 10.2. The Hall–Kier alpha value is -3.18. The number of fused-ring (bicyclic) bond motifs is 1. The van der Waals surface area contributed by atoms with Gasteiger partial charge in [0.2, 0.25) is 12.7 Å². The zero-order chi connectivity index (χ0) is 26.0. The first-order valence-electron chi connectivity index (χ1n) is 10.2.